The average molecular weight is 360 g/mol. The Balaban J connectivity index is 1.66. The molecule has 0 saturated carbocycles. The number of pyridine rings is 1. The van der Waals surface area contributed by atoms with Crippen molar-refractivity contribution in [3.05, 3.63) is 54.1 Å². The van der Waals surface area contributed by atoms with Gasteiger partial charge in [-0.15, -0.1) is 0 Å². The molecule has 2 aromatic rings. The van der Waals surface area contributed by atoms with E-state index < -0.39 is 5.60 Å². The van der Waals surface area contributed by atoms with E-state index >= 15 is 0 Å². The molecule has 27 heavy (non-hydrogen) atoms. The topological polar surface area (TPSA) is 62.1 Å². The van der Waals surface area contributed by atoms with Crippen LogP contribution in [0.4, 0.5) is 0 Å². The first-order valence-electron chi connectivity index (χ1n) is 9.42. The van der Waals surface area contributed by atoms with E-state index in [1.807, 2.05) is 19.1 Å². The van der Waals surface area contributed by atoms with Gasteiger partial charge in [0.15, 0.2) is 0 Å². The maximum absolute atomic E-state index is 11.1. The third-order valence-electron chi connectivity index (χ3n) is 5.36. The minimum atomic E-state index is -0.933. The third kappa shape index (κ3) is 3.78. The van der Waals surface area contributed by atoms with Gasteiger partial charge in [0.25, 0.3) is 0 Å². The van der Waals surface area contributed by atoms with Crippen LogP contribution in [0.25, 0.3) is 11.4 Å². The Kier molecular flexibility index (Phi) is 4.77. The van der Waals surface area contributed by atoms with Gasteiger partial charge >= 0.3 is 0 Å². The summed E-state index contributed by atoms with van der Waals surface area (Å²) >= 11 is 0. The van der Waals surface area contributed by atoms with E-state index in [1.54, 1.807) is 18.6 Å². The van der Waals surface area contributed by atoms with E-state index in [1.165, 1.54) is 0 Å². The number of nitrogens with zero attached hydrogens (tertiary/aromatic N) is 4. The molecule has 2 aromatic heterocycles. The highest BCUT2D eigenvalue weighted by Crippen LogP contribution is 2.35. The van der Waals surface area contributed by atoms with E-state index in [2.05, 4.69) is 38.3 Å². The summed E-state index contributed by atoms with van der Waals surface area (Å²) in [7, 11) is 0. The maximum atomic E-state index is 11.1. The zero-order valence-electron chi connectivity index (χ0n) is 15.6. The van der Waals surface area contributed by atoms with Crippen LogP contribution in [0.2, 0.25) is 0 Å². The molecule has 5 nitrogen and oxygen atoms in total. The van der Waals surface area contributed by atoms with E-state index in [4.69, 9.17) is 0 Å². The molecule has 0 aromatic carbocycles. The Morgan fingerprint density at radius 3 is 2.89 bits per heavy atom. The molecular weight excluding hydrogens is 336 g/mol. The molecule has 5 rings (SSSR count). The highest BCUT2D eigenvalue weighted by molar-refractivity contribution is 5.63. The number of aromatic nitrogens is 3. The maximum Gasteiger partial charge on any atom is 0.141 e. The normalized spacial score (nSPS) is 26.3. The molecule has 3 aliphatic rings. The first-order valence-corrected chi connectivity index (χ1v) is 9.42. The van der Waals surface area contributed by atoms with Gasteiger partial charge in [-0.3, -0.25) is 14.9 Å². The molecule has 0 spiro atoms. The summed E-state index contributed by atoms with van der Waals surface area (Å²) in [5, 5.41) is 11.1. The van der Waals surface area contributed by atoms with Gasteiger partial charge in [0.05, 0.1) is 17.5 Å². The quantitative estimate of drug-likeness (QED) is 0.673. The van der Waals surface area contributed by atoms with Crippen molar-refractivity contribution in [2.75, 3.05) is 19.6 Å². The zero-order chi connectivity index (χ0) is 18.9. The first kappa shape index (κ1) is 17.8. The number of piperidine rings is 3. The van der Waals surface area contributed by atoms with Crippen molar-refractivity contribution in [2.45, 2.75) is 31.8 Å². The summed E-state index contributed by atoms with van der Waals surface area (Å²) in [6.07, 6.45) is 7.91. The lowest BCUT2D eigenvalue weighted by molar-refractivity contribution is -0.0713. The Labute approximate surface area is 160 Å². The molecule has 3 saturated heterocycles. The lowest BCUT2D eigenvalue weighted by atomic mass is 9.76. The lowest BCUT2D eigenvalue weighted by Crippen LogP contribution is -2.58. The van der Waals surface area contributed by atoms with Crippen molar-refractivity contribution in [3.63, 3.8) is 0 Å². The van der Waals surface area contributed by atoms with Crippen LogP contribution < -0.4 is 0 Å². The van der Waals surface area contributed by atoms with Crippen molar-refractivity contribution >= 4 is 0 Å². The van der Waals surface area contributed by atoms with Crippen molar-refractivity contribution in [3.8, 4) is 23.2 Å². The molecule has 5 heteroatoms. The van der Waals surface area contributed by atoms with Crippen molar-refractivity contribution in [1.29, 1.82) is 0 Å². The first-order chi connectivity index (χ1) is 13.0. The summed E-state index contributed by atoms with van der Waals surface area (Å²) < 4.78 is 0. The highest BCUT2D eigenvalue weighted by atomic mass is 16.3. The smallest absolute Gasteiger partial charge is 0.141 e. The van der Waals surface area contributed by atoms with Crippen LogP contribution >= 0.6 is 0 Å². The second-order valence-electron chi connectivity index (χ2n) is 7.65. The lowest BCUT2D eigenvalue weighted by Gasteiger charge is -2.47. The second-order valence-corrected chi connectivity index (χ2v) is 7.65. The molecule has 1 N–H and O–H groups in total. The number of allylic oxidation sites excluding steroid dienone is 1. The largest absolute Gasteiger partial charge is 0.376 e. The van der Waals surface area contributed by atoms with E-state index in [-0.39, 0.29) is 5.92 Å². The van der Waals surface area contributed by atoms with Crippen molar-refractivity contribution in [1.82, 2.24) is 19.9 Å². The third-order valence-corrected chi connectivity index (χ3v) is 5.36. The van der Waals surface area contributed by atoms with Gasteiger partial charge in [-0.25, -0.2) is 4.98 Å². The molecular formula is C22H24N4O. The molecule has 1 atom stereocenters. The van der Waals surface area contributed by atoms with Crippen molar-refractivity contribution in [2.24, 2.45) is 5.92 Å². The van der Waals surface area contributed by atoms with Gasteiger partial charge in [-0.05, 0) is 45.0 Å². The highest BCUT2D eigenvalue weighted by Gasteiger charge is 2.44. The Morgan fingerprint density at radius 1 is 1.37 bits per heavy atom. The molecule has 138 valence electrons. The molecule has 5 heterocycles. The van der Waals surface area contributed by atoms with Gasteiger partial charge in [0.1, 0.15) is 17.0 Å². The number of rotatable bonds is 3. The zero-order valence-corrected chi connectivity index (χ0v) is 15.6. The van der Waals surface area contributed by atoms with Crippen LogP contribution in [0.5, 0.6) is 0 Å². The monoisotopic (exact) mass is 360 g/mol. The fourth-order valence-electron chi connectivity index (χ4n) is 3.98. The minimum absolute atomic E-state index is 0.258. The predicted octanol–water partition coefficient (Wildman–Crippen LogP) is 2.47. The number of hydrogen-bond donors (Lipinski definition) is 1. The van der Waals surface area contributed by atoms with Crippen LogP contribution in [-0.2, 0) is 6.42 Å². The SMILES string of the molecule is C=C(C)Cc1cncc(-c2ncccc2C#CC2(O)CN3CCC2CC3)n1. The summed E-state index contributed by atoms with van der Waals surface area (Å²) in [6, 6.07) is 3.78. The molecule has 2 bridgehead atoms. The van der Waals surface area contributed by atoms with E-state index in [9.17, 15) is 5.11 Å². The van der Waals surface area contributed by atoms with E-state index in [0.717, 1.165) is 42.8 Å². The Hall–Kier alpha value is -2.55. The number of fused-ring (bicyclic) bond motifs is 3. The van der Waals surface area contributed by atoms with Gasteiger partial charge in [-0.1, -0.05) is 24.0 Å². The standard InChI is InChI=1S/C22H24N4O/c1-16(2)12-19-13-23-14-20(25-19)21-17(4-3-9-24-21)5-8-22(27)15-26-10-6-18(22)7-11-26/h3-4,9,13-14,18,27H,1,6-7,10-12,15H2,2H3. The van der Waals surface area contributed by atoms with Gasteiger partial charge in [0, 0.05) is 31.3 Å². The molecule has 0 radical (unpaired) electrons. The van der Waals surface area contributed by atoms with Crippen LogP contribution in [0.15, 0.2) is 42.9 Å². The van der Waals surface area contributed by atoms with Gasteiger partial charge in [-0.2, -0.15) is 0 Å². The average Bonchev–Trinajstić information content (AvgIpc) is 2.67. The molecule has 3 aliphatic heterocycles. The van der Waals surface area contributed by atoms with E-state index in [0.29, 0.717) is 24.4 Å². The van der Waals surface area contributed by atoms with Crippen LogP contribution in [0, 0.1) is 17.8 Å². The Bertz CT molecular complexity index is 921. The number of hydrogen-bond acceptors (Lipinski definition) is 5. The minimum Gasteiger partial charge on any atom is -0.376 e. The fraction of sp³-hybridized carbons (Fsp3) is 0.409. The molecule has 1 unspecified atom stereocenters. The summed E-state index contributed by atoms with van der Waals surface area (Å²) in [5.74, 6) is 6.62. The summed E-state index contributed by atoms with van der Waals surface area (Å²) in [6.45, 7) is 8.68. The molecule has 3 fully saturated rings. The Morgan fingerprint density at radius 2 is 2.19 bits per heavy atom. The van der Waals surface area contributed by atoms with Crippen LogP contribution in [0.1, 0.15) is 31.0 Å². The fourth-order valence-corrected chi connectivity index (χ4v) is 3.98. The van der Waals surface area contributed by atoms with Crippen molar-refractivity contribution < 1.29 is 5.11 Å². The predicted molar refractivity (Wildman–Crippen MR) is 105 cm³/mol. The summed E-state index contributed by atoms with van der Waals surface area (Å²) in [4.78, 5) is 15.8. The molecule has 0 aliphatic carbocycles. The molecule has 0 amide bonds. The van der Waals surface area contributed by atoms with Crippen LogP contribution in [-0.4, -0.2) is 50.2 Å². The van der Waals surface area contributed by atoms with Gasteiger partial charge < -0.3 is 5.11 Å². The second kappa shape index (κ2) is 7.22. The van der Waals surface area contributed by atoms with Crippen LogP contribution in [0.3, 0.4) is 0 Å². The summed E-state index contributed by atoms with van der Waals surface area (Å²) in [5.41, 5.74) is 3.12. The number of aliphatic hydroxyl groups is 1. The van der Waals surface area contributed by atoms with Gasteiger partial charge in [0.2, 0.25) is 0 Å².